The van der Waals surface area contributed by atoms with Crippen LogP contribution in [0.1, 0.15) is 18.9 Å². The summed E-state index contributed by atoms with van der Waals surface area (Å²) in [5.41, 5.74) is 1.15. The zero-order chi connectivity index (χ0) is 14.4. The van der Waals surface area contributed by atoms with E-state index in [9.17, 15) is 4.79 Å². The molecule has 1 fully saturated rings. The number of nitrogens with zero attached hydrogens (tertiary/aromatic N) is 1. The molecule has 1 aliphatic rings. The van der Waals surface area contributed by atoms with Gasteiger partial charge in [0.1, 0.15) is 5.75 Å². The highest BCUT2D eigenvalue weighted by Crippen LogP contribution is 2.17. The van der Waals surface area contributed by atoms with Crippen LogP contribution >= 0.6 is 0 Å². The average Bonchev–Trinajstić information content (AvgIpc) is 2.75. The van der Waals surface area contributed by atoms with Gasteiger partial charge in [-0.2, -0.15) is 0 Å². The maximum Gasteiger partial charge on any atom is 0.225 e. The first-order valence-corrected chi connectivity index (χ1v) is 7.33. The van der Waals surface area contributed by atoms with E-state index in [2.05, 4.69) is 11.4 Å². The summed E-state index contributed by atoms with van der Waals surface area (Å²) in [7, 11) is 1.66. The third kappa shape index (κ3) is 3.97. The fourth-order valence-electron chi connectivity index (χ4n) is 2.62. The molecule has 1 heterocycles. The summed E-state index contributed by atoms with van der Waals surface area (Å²) in [6, 6.07) is 7.96. The van der Waals surface area contributed by atoms with Gasteiger partial charge < -0.3 is 15.0 Å². The lowest BCUT2D eigenvalue weighted by atomic mass is 9.99. The van der Waals surface area contributed by atoms with Gasteiger partial charge in [-0.1, -0.05) is 19.1 Å². The number of amides is 1. The van der Waals surface area contributed by atoms with Crippen molar-refractivity contribution in [2.75, 3.05) is 33.3 Å². The minimum atomic E-state index is 0.0141. The van der Waals surface area contributed by atoms with E-state index in [0.717, 1.165) is 50.3 Å². The molecule has 0 aromatic heterocycles. The molecule has 1 aromatic rings. The van der Waals surface area contributed by atoms with Gasteiger partial charge in [0.2, 0.25) is 5.91 Å². The summed E-state index contributed by atoms with van der Waals surface area (Å²) in [6.45, 7) is 5.61. The Balaban J connectivity index is 1.95. The highest BCUT2D eigenvalue weighted by molar-refractivity contribution is 5.78. The SMILES string of the molecule is COc1cccc(CC(C)C(=O)N2CCCNCC2)c1. The topological polar surface area (TPSA) is 41.6 Å². The molecule has 0 saturated carbocycles. The van der Waals surface area contributed by atoms with Crippen LogP contribution in [-0.4, -0.2) is 44.1 Å². The van der Waals surface area contributed by atoms with Crippen molar-refractivity contribution in [3.63, 3.8) is 0 Å². The molecule has 4 nitrogen and oxygen atoms in total. The molecule has 2 rings (SSSR count). The molecule has 20 heavy (non-hydrogen) atoms. The molecular formula is C16H24N2O2. The predicted octanol–water partition coefficient (Wildman–Crippen LogP) is 1.70. The second kappa shape index (κ2) is 7.29. The highest BCUT2D eigenvalue weighted by atomic mass is 16.5. The lowest BCUT2D eigenvalue weighted by Crippen LogP contribution is -2.38. The molecule has 0 spiro atoms. The van der Waals surface area contributed by atoms with Gasteiger partial charge in [0.05, 0.1) is 7.11 Å². The number of methoxy groups -OCH3 is 1. The molecule has 1 saturated heterocycles. The molecule has 1 aliphatic heterocycles. The Labute approximate surface area is 121 Å². The quantitative estimate of drug-likeness (QED) is 0.910. The number of carbonyl (C=O) groups is 1. The first-order valence-electron chi connectivity index (χ1n) is 7.33. The van der Waals surface area contributed by atoms with Crippen molar-refractivity contribution in [3.05, 3.63) is 29.8 Å². The smallest absolute Gasteiger partial charge is 0.225 e. The normalized spacial score (nSPS) is 17.4. The number of carbonyl (C=O) groups excluding carboxylic acids is 1. The first-order chi connectivity index (χ1) is 9.70. The van der Waals surface area contributed by atoms with Crippen molar-refractivity contribution >= 4 is 5.91 Å². The van der Waals surface area contributed by atoms with Crippen molar-refractivity contribution in [3.8, 4) is 5.75 Å². The van der Waals surface area contributed by atoms with Crippen LogP contribution in [0.15, 0.2) is 24.3 Å². The monoisotopic (exact) mass is 276 g/mol. The summed E-state index contributed by atoms with van der Waals surface area (Å²) in [6.07, 6.45) is 1.80. The van der Waals surface area contributed by atoms with E-state index >= 15 is 0 Å². The van der Waals surface area contributed by atoms with E-state index in [1.165, 1.54) is 0 Å². The Morgan fingerprint density at radius 3 is 3.05 bits per heavy atom. The Bertz CT molecular complexity index is 440. The maximum absolute atomic E-state index is 12.5. The summed E-state index contributed by atoms with van der Waals surface area (Å²) in [5, 5.41) is 3.33. The molecule has 4 heteroatoms. The maximum atomic E-state index is 12.5. The van der Waals surface area contributed by atoms with Crippen LogP contribution < -0.4 is 10.1 Å². The average molecular weight is 276 g/mol. The van der Waals surface area contributed by atoms with E-state index in [4.69, 9.17) is 4.74 Å². The fraction of sp³-hybridized carbons (Fsp3) is 0.562. The Morgan fingerprint density at radius 1 is 1.40 bits per heavy atom. The predicted molar refractivity (Wildman–Crippen MR) is 79.9 cm³/mol. The third-order valence-corrected chi connectivity index (χ3v) is 3.75. The van der Waals surface area contributed by atoms with Crippen LogP contribution in [0.3, 0.4) is 0 Å². The van der Waals surface area contributed by atoms with Crippen molar-refractivity contribution in [2.45, 2.75) is 19.8 Å². The number of nitrogens with one attached hydrogen (secondary N) is 1. The largest absolute Gasteiger partial charge is 0.497 e. The van der Waals surface area contributed by atoms with Gasteiger partial charge in [-0.05, 0) is 37.1 Å². The van der Waals surface area contributed by atoms with Gasteiger partial charge in [0, 0.05) is 25.6 Å². The molecule has 110 valence electrons. The van der Waals surface area contributed by atoms with Crippen LogP contribution in [0.5, 0.6) is 5.75 Å². The van der Waals surface area contributed by atoms with E-state index in [1.807, 2.05) is 30.0 Å². The minimum absolute atomic E-state index is 0.0141. The Kier molecular flexibility index (Phi) is 5.41. The minimum Gasteiger partial charge on any atom is -0.497 e. The summed E-state index contributed by atoms with van der Waals surface area (Å²) in [4.78, 5) is 14.5. The van der Waals surface area contributed by atoms with Gasteiger partial charge in [-0.25, -0.2) is 0 Å². The van der Waals surface area contributed by atoms with Crippen molar-refractivity contribution in [2.24, 2.45) is 5.92 Å². The molecule has 1 amide bonds. The number of hydrogen-bond donors (Lipinski definition) is 1. The number of ether oxygens (including phenoxy) is 1. The van der Waals surface area contributed by atoms with Gasteiger partial charge in [-0.3, -0.25) is 4.79 Å². The second-order valence-electron chi connectivity index (χ2n) is 5.39. The molecule has 1 atom stereocenters. The van der Waals surface area contributed by atoms with E-state index in [1.54, 1.807) is 7.11 Å². The molecule has 0 aliphatic carbocycles. The molecule has 1 aromatic carbocycles. The third-order valence-electron chi connectivity index (χ3n) is 3.75. The zero-order valence-electron chi connectivity index (χ0n) is 12.4. The molecule has 1 unspecified atom stereocenters. The van der Waals surface area contributed by atoms with Gasteiger partial charge in [0.25, 0.3) is 0 Å². The molecule has 0 radical (unpaired) electrons. The van der Waals surface area contributed by atoms with Crippen molar-refractivity contribution < 1.29 is 9.53 Å². The number of rotatable bonds is 4. The van der Waals surface area contributed by atoms with Crippen LogP contribution in [0.2, 0.25) is 0 Å². The zero-order valence-corrected chi connectivity index (χ0v) is 12.4. The lowest BCUT2D eigenvalue weighted by molar-refractivity contribution is -0.134. The van der Waals surface area contributed by atoms with Crippen LogP contribution in [0.25, 0.3) is 0 Å². The summed E-state index contributed by atoms with van der Waals surface area (Å²) < 4.78 is 5.23. The standard InChI is InChI=1S/C16H24N2O2/c1-13(11-14-5-3-6-15(12-14)20-2)16(19)18-9-4-7-17-8-10-18/h3,5-6,12-13,17H,4,7-11H2,1-2H3. The van der Waals surface area contributed by atoms with Gasteiger partial charge in [-0.15, -0.1) is 0 Å². The summed E-state index contributed by atoms with van der Waals surface area (Å²) >= 11 is 0. The Hall–Kier alpha value is -1.55. The molecule has 1 N–H and O–H groups in total. The molecule has 0 bridgehead atoms. The van der Waals surface area contributed by atoms with Crippen molar-refractivity contribution in [1.29, 1.82) is 0 Å². The van der Waals surface area contributed by atoms with Crippen LogP contribution in [0.4, 0.5) is 0 Å². The van der Waals surface area contributed by atoms with E-state index < -0.39 is 0 Å². The number of benzene rings is 1. The number of hydrogen-bond acceptors (Lipinski definition) is 3. The Morgan fingerprint density at radius 2 is 2.25 bits per heavy atom. The van der Waals surface area contributed by atoms with Crippen LogP contribution in [0, 0.1) is 5.92 Å². The fourth-order valence-corrected chi connectivity index (χ4v) is 2.62. The van der Waals surface area contributed by atoms with E-state index in [-0.39, 0.29) is 11.8 Å². The lowest BCUT2D eigenvalue weighted by Gasteiger charge is -2.24. The summed E-state index contributed by atoms with van der Waals surface area (Å²) in [5.74, 6) is 1.12. The second-order valence-corrected chi connectivity index (χ2v) is 5.39. The highest BCUT2D eigenvalue weighted by Gasteiger charge is 2.21. The van der Waals surface area contributed by atoms with E-state index in [0.29, 0.717) is 0 Å². The first kappa shape index (κ1) is 14.9. The van der Waals surface area contributed by atoms with Crippen LogP contribution in [-0.2, 0) is 11.2 Å². The van der Waals surface area contributed by atoms with Gasteiger partial charge in [0.15, 0.2) is 0 Å². The van der Waals surface area contributed by atoms with Crippen molar-refractivity contribution in [1.82, 2.24) is 10.2 Å². The van der Waals surface area contributed by atoms with Gasteiger partial charge >= 0.3 is 0 Å². The molecular weight excluding hydrogens is 252 g/mol.